The van der Waals surface area contributed by atoms with E-state index in [2.05, 4.69) is 35.6 Å². The Kier molecular flexibility index (Phi) is 5.34. The van der Waals surface area contributed by atoms with Crippen LogP contribution in [0.25, 0.3) is 0 Å². The van der Waals surface area contributed by atoms with E-state index in [1.807, 2.05) is 6.92 Å². The van der Waals surface area contributed by atoms with Crippen LogP contribution in [0.15, 0.2) is 12.4 Å². The maximum Gasteiger partial charge on any atom is 0.234 e. The SMILES string of the molecule is CCOc1cncc(N(CC)CC(C)(C)CN)n1. The monoisotopic (exact) mass is 252 g/mol. The summed E-state index contributed by atoms with van der Waals surface area (Å²) in [6.07, 6.45) is 3.40. The van der Waals surface area contributed by atoms with E-state index in [1.165, 1.54) is 0 Å². The Labute approximate surface area is 109 Å². The molecule has 5 heteroatoms. The summed E-state index contributed by atoms with van der Waals surface area (Å²) in [5.74, 6) is 1.41. The Bertz CT molecular complexity index is 368. The molecule has 1 heterocycles. The summed E-state index contributed by atoms with van der Waals surface area (Å²) < 4.78 is 5.37. The Hall–Kier alpha value is -1.36. The van der Waals surface area contributed by atoms with Gasteiger partial charge in [-0.3, -0.25) is 4.98 Å². The smallest absolute Gasteiger partial charge is 0.234 e. The van der Waals surface area contributed by atoms with Crippen LogP contribution in [0.4, 0.5) is 5.82 Å². The molecule has 0 aromatic carbocycles. The number of hydrogen-bond acceptors (Lipinski definition) is 5. The predicted molar refractivity (Wildman–Crippen MR) is 73.9 cm³/mol. The molecule has 0 unspecified atom stereocenters. The third-order valence-corrected chi connectivity index (χ3v) is 2.77. The molecule has 0 amide bonds. The van der Waals surface area contributed by atoms with Gasteiger partial charge in [-0.05, 0) is 25.8 Å². The second-order valence-electron chi connectivity index (χ2n) is 5.03. The van der Waals surface area contributed by atoms with Gasteiger partial charge in [-0.25, -0.2) is 0 Å². The lowest BCUT2D eigenvalue weighted by Gasteiger charge is -2.31. The summed E-state index contributed by atoms with van der Waals surface area (Å²) in [7, 11) is 0. The summed E-state index contributed by atoms with van der Waals surface area (Å²) in [6.45, 7) is 11.3. The molecular weight excluding hydrogens is 228 g/mol. The Morgan fingerprint density at radius 1 is 1.33 bits per heavy atom. The summed E-state index contributed by atoms with van der Waals surface area (Å²) in [4.78, 5) is 10.8. The molecular formula is C13H24N4O. The van der Waals surface area contributed by atoms with Crippen molar-refractivity contribution in [3.05, 3.63) is 12.4 Å². The Morgan fingerprint density at radius 2 is 2.06 bits per heavy atom. The highest BCUT2D eigenvalue weighted by Gasteiger charge is 2.20. The molecule has 18 heavy (non-hydrogen) atoms. The molecule has 102 valence electrons. The molecule has 2 N–H and O–H groups in total. The van der Waals surface area contributed by atoms with E-state index in [1.54, 1.807) is 12.4 Å². The van der Waals surface area contributed by atoms with Crippen molar-refractivity contribution in [2.45, 2.75) is 27.7 Å². The lowest BCUT2D eigenvalue weighted by molar-refractivity contribution is 0.324. The van der Waals surface area contributed by atoms with Gasteiger partial charge < -0.3 is 15.4 Å². The number of rotatable bonds is 7. The molecule has 0 aliphatic rings. The molecule has 1 rings (SSSR count). The number of aromatic nitrogens is 2. The van der Waals surface area contributed by atoms with Crippen LogP contribution in [0.2, 0.25) is 0 Å². The summed E-state index contributed by atoms with van der Waals surface area (Å²) >= 11 is 0. The largest absolute Gasteiger partial charge is 0.477 e. The minimum absolute atomic E-state index is 0.0549. The fraction of sp³-hybridized carbons (Fsp3) is 0.692. The van der Waals surface area contributed by atoms with E-state index >= 15 is 0 Å². The molecule has 1 aromatic rings. The van der Waals surface area contributed by atoms with Crippen molar-refractivity contribution >= 4 is 5.82 Å². The molecule has 0 saturated carbocycles. The van der Waals surface area contributed by atoms with Gasteiger partial charge in [0.25, 0.3) is 0 Å². The molecule has 0 aliphatic heterocycles. The fourth-order valence-electron chi connectivity index (χ4n) is 1.64. The van der Waals surface area contributed by atoms with Crippen LogP contribution < -0.4 is 15.4 Å². The van der Waals surface area contributed by atoms with Crippen LogP contribution in [-0.2, 0) is 0 Å². The molecule has 0 radical (unpaired) electrons. The van der Waals surface area contributed by atoms with Gasteiger partial charge in [0.05, 0.1) is 19.0 Å². The van der Waals surface area contributed by atoms with Crippen molar-refractivity contribution in [3.8, 4) is 5.88 Å². The minimum Gasteiger partial charge on any atom is -0.477 e. The van der Waals surface area contributed by atoms with Crippen LogP contribution in [0.5, 0.6) is 5.88 Å². The second kappa shape index (κ2) is 6.54. The molecule has 0 spiro atoms. The average molecular weight is 252 g/mol. The molecule has 0 fully saturated rings. The Morgan fingerprint density at radius 3 is 2.61 bits per heavy atom. The summed E-state index contributed by atoms with van der Waals surface area (Å²) in [5.41, 5.74) is 5.83. The zero-order valence-corrected chi connectivity index (χ0v) is 11.8. The number of nitrogens with two attached hydrogens (primary N) is 1. The van der Waals surface area contributed by atoms with E-state index in [0.717, 1.165) is 18.9 Å². The van der Waals surface area contributed by atoms with Gasteiger partial charge in [0.1, 0.15) is 0 Å². The molecule has 1 aromatic heterocycles. The van der Waals surface area contributed by atoms with Crippen LogP contribution in [0.3, 0.4) is 0 Å². The normalized spacial score (nSPS) is 11.4. The van der Waals surface area contributed by atoms with E-state index < -0.39 is 0 Å². The first-order valence-corrected chi connectivity index (χ1v) is 6.42. The van der Waals surface area contributed by atoms with Gasteiger partial charge in [-0.15, -0.1) is 0 Å². The van der Waals surface area contributed by atoms with E-state index in [4.69, 9.17) is 10.5 Å². The minimum atomic E-state index is 0.0549. The van der Waals surface area contributed by atoms with E-state index in [9.17, 15) is 0 Å². The number of ether oxygens (including phenoxy) is 1. The second-order valence-corrected chi connectivity index (χ2v) is 5.03. The number of hydrogen-bond donors (Lipinski definition) is 1. The zero-order valence-electron chi connectivity index (χ0n) is 11.8. The van der Waals surface area contributed by atoms with Crippen molar-refractivity contribution in [1.29, 1.82) is 0 Å². The van der Waals surface area contributed by atoms with Gasteiger partial charge in [0.2, 0.25) is 5.88 Å². The van der Waals surface area contributed by atoms with Crippen LogP contribution >= 0.6 is 0 Å². The summed E-state index contributed by atoms with van der Waals surface area (Å²) in [5, 5.41) is 0. The van der Waals surface area contributed by atoms with Gasteiger partial charge in [0.15, 0.2) is 5.82 Å². The van der Waals surface area contributed by atoms with Crippen LogP contribution in [0, 0.1) is 5.41 Å². The first-order valence-electron chi connectivity index (χ1n) is 6.42. The van der Waals surface area contributed by atoms with Crippen molar-refractivity contribution < 1.29 is 4.74 Å². The maximum atomic E-state index is 5.78. The number of anilines is 1. The van der Waals surface area contributed by atoms with Gasteiger partial charge in [0, 0.05) is 13.1 Å². The van der Waals surface area contributed by atoms with Crippen LogP contribution in [-0.4, -0.2) is 36.2 Å². The zero-order chi connectivity index (χ0) is 13.6. The molecule has 5 nitrogen and oxygen atoms in total. The molecule has 0 aliphatic carbocycles. The van der Waals surface area contributed by atoms with Gasteiger partial charge >= 0.3 is 0 Å². The standard InChI is InChI=1S/C13H24N4O/c1-5-17(10-13(3,4)9-14)11-7-15-8-12(16-11)18-6-2/h7-8H,5-6,9-10,14H2,1-4H3. The fourth-order valence-corrected chi connectivity index (χ4v) is 1.64. The third-order valence-electron chi connectivity index (χ3n) is 2.77. The third kappa shape index (κ3) is 4.14. The topological polar surface area (TPSA) is 64.3 Å². The van der Waals surface area contributed by atoms with Crippen molar-refractivity contribution in [3.63, 3.8) is 0 Å². The summed E-state index contributed by atoms with van der Waals surface area (Å²) in [6, 6.07) is 0. The Balaban J connectivity index is 2.84. The van der Waals surface area contributed by atoms with Crippen molar-refractivity contribution in [2.24, 2.45) is 11.1 Å². The number of nitrogens with zero attached hydrogens (tertiary/aromatic N) is 3. The average Bonchev–Trinajstić information content (AvgIpc) is 2.37. The van der Waals surface area contributed by atoms with Crippen molar-refractivity contribution in [2.75, 3.05) is 31.1 Å². The molecule has 0 atom stereocenters. The molecule has 0 bridgehead atoms. The van der Waals surface area contributed by atoms with Crippen molar-refractivity contribution in [1.82, 2.24) is 9.97 Å². The van der Waals surface area contributed by atoms with E-state index in [-0.39, 0.29) is 5.41 Å². The lowest BCUT2D eigenvalue weighted by atomic mass is 9.93. The quantitative estimate of drug-likeness (QED) is 0.800. The van der Waals surface area contributed by atoms with Gasteiger partial charge in [-0.1, -0.05) is 13.8 Å². The first-order chi connectivity index (χ1) is 8.52. The first kappa shape index (κ1) is 14.7. The van der Waals surface area contributed by atoms with Gasteiger partial charge in [-0.2, -0.15) is 4.98 Å². The highest BCUT2D eigenvalue weighted by Crippen LogP contribution is 2.20. The maximum absolute atomic E-state index is 5.78. The highest BCUT2D eigenvalue weighted by molar-refractivity contribution is 5.37. The predicted octanol–water partition coefficient (Wildman–Crippen LogP) is 1.69. The lowest BCUT2D eigenvalue weighted by Crippen LogP contribution is -2.39. The van der Waals surface area contributed by atoms with E-state index in [0.29, 0.717) is 19.0 Å². The molecule has 0 saturated heterocycles. The highest BCUT2D eigenvalue weighted by atomic mass is 16.5. The van der Waals surface area contributed by atoms with Crippen LogP contribution in [0.1, 0.15) is 27.7 Å².